The summed E-state index contributed by atoms with van der Waals surface area (Å²) >= 11 is 0. The number of benzene rings is 2. The quantitative estimate of drug-likeness (QED) is 0.472. The highest BCUT2D eigenvalue weighted by atomic mass is 16.5. The summed E-state index contributed by atoms with van der Waals surface area (Å²) in [6.07, 6.45) is 0. The number of nitrogens with zero attached hydrogens (tertiary/aromatic N) is 1. The van der Waals surface area contributed by atoms with Gasteiger partial charge in [-0.1, -0.05) is 74.5 Å². The van der Waals surface area contributed by atoms with Crippen molar-refractivity contribution in [1.29, 1.82) is 5.26 Å². The fraction of sp³-hybridized carbons (Fsp3) is 0.200. The second kappa shape index (κ2) is 7.95. The van der Waals surface area contributed by atoms with Crippen molar-refractivity contribution >= 4 is 11.5 Å². The van der Waals surface area contributed by atoms with Gasteiger partial charge < -0.3 is 4.74 Å². The molecule has 2 rings (SSSR count). The summed E-state index contributed by atoms with van der Waals surface area (Å²) in [4.78, 5) is 12.4. The molecular formula is C20H19NO2. The molecular weight excluding hydrogens is 286 g/mol. The first kappa shape index (κ1) is 16.5. The van der Waals surface area contributed by atoms with Crippen LogP contribution in [0.3, 0.4) is 0 Å². The van der Waals surface area contributed by atoms with Crippen LogP contribution in [0, 0.1) is 17.2 Å². The number of hydrogen-bond acceptors (Lipinski definition) is 3. The van der Waals surface area contributed by atoms with Crippen LogP contribution in [0.1, 0.15) is 25.0 Å². The summed E-state index contributed by atoms with van der Waals surface area (Å²) in [6, 6.07) is 20.9. The van der Waals surface area contributed by atoms with E-state index in [-0.39, 0.29) is 11.5 Å². The molecule has 0 saturated heterocycles. The third kappa shape index (κ3) is 4.31. The van der Waals surface area contributed by atoms with Crippen LogP contribution < -0.4 is 0 Å². The predicted octanol–water partition coefficient (Wildman–Crippen LogP) is 4.21. The van der Waals surface area contributed by atoms with Gasteiger partial charge in [0.15, 0.2) is 0 Å². The van der Waals surface area contributed by atoms with Crippen molar-refractivity contribution in [3.8, 4) is 6.07 Å². The minimum atomic E-state index is -0.580. The highest BCUT2D eigenvalue weighted by Gasteiger charge is 2.20. The number of carbonyl (C=O) groups excluding carboxylic acids is 1. The van der Waals surface area contributed by atoms with E-state index < -0.39 is 5.97 Å². The van der Waals surface area contributed by atoms with Gasteiger partial charge in [-0.3, -0.25) is 0 Å². The van der Waals surface area contributed by atoms with Crippen molar-refractivity contribution in [2.45, 2.75) is 13.8 Å². The van der Waals surface area contributed by atoms with Gasteiger partial charge in [0.2, 0.25) is 0 Å². The summed E-state index contributed by atoms with van der Waals surface area (Å²) < 4.78 is 5.26. The van der Waals surface area contributed by atoms with Gasteiger partial charge in [-0.2, -0.15) is 5.26 Å². The van der Waals surface area contributed by atoms with Crippen molar-refractivity contribution in [1.82, 2.24) is 0 Å². The lowest BCUT2D eigenvalue weighted by molar-refractivity contribution is -0.139. The SMILES string of the molecule is CC(C)COC(=O)C(C#N)=C(c1ccccc1)c1ccccc1. The van der Waals surface area contributed by atoms with Crippen LogP contribution in [0.4, 0.5) is 0 Å². The number of ether oxygens (including phenoxy) is 1. The Labute approximate surface area is 136 Å². The maximum Gasteiger partial charge on any atom is 0.349 e. The summed E-state index contributed by atoms with van der Waals surface area (Å²) in [6.45, 7) is 4.21. The molecule has 0 fully saturated rings. The average Bonchev–Trinajstić information content (AvgIpc) is 2.59. The van der Waals surface area contributed by atoms with Crippen molar-refractivity contribution in [2.24, 2.45) is 5.92 Å². The van der Waals surface area contributed by atoms with E-state index in [0.29, 0.717) is 12.2 Å². The van der Waals surface area contributed by atoms with Gasteiger partial charge in [-0.05, 0) is 17.0 Å². The first-order valence-corrected chi connectivity index (χ1v) is 7.55. The van der Waals surface area contributed by atoms with Gasteiger partial charge >= 0.3 is 5.97 Å². The van der Waals surface area contributed by atoms with Crippen molar-refractivity contribution < 1.29 is 9.53 Å². The molecule has 0 aliphatic rings. The Bertz CT molecular complexity index is 684. The number of esters is 1. The van der Waals surface area contributed by atoms with Gasteiger partial charge in [0.25, 0.3) is 0 Å². The highest BCUT2D eigenvalue weighted by molar-refractivity contribution is 6.05. The molecule has 23 heavy (non-hydrogen) atoms. The maximum absolute atomic E-state index is 12.4. The normalized spacial score (nSPS) is 10.0. The van der Waals surface area contributed by atoms with Crippen LogP contribution in [-0.2, 0) is 9.53 Å². The fourth-order valence-electron chi connectivity index (χ4n) is 2.18. The zero-order chi connectivity index (χ0) is 16.7. The Kier molecular flexibility index (Phi) is 5.71. The second-order valence-electron chi connectivity index (χ2n) is 5.59. The molecule has 2 aromatic carbocycles. The molecule has 2 aromatic rings. The fourth-order valence-corrected chi connectivity index (χ4v) is 2.18. The number of hydrogen-bond donors (Lipinski definition) is 0. The zero-order valence-electron chi connectivity index (χ0n) is 13.3. The molecule has 0 amide bonds. The molecule has 3 heteroatoms. The first-order valence-electron chi connectivity index (χ1n) is 7.55. The lowest BCUT2D eigenvalue weighted by Gasteiger charge is -2.12. The third-order valence-electron chi connectivity index (χ3n) is 3.24. The Hall–Kier alpha value is -2.86. The first-order chi connectivity index (χ1) is 11.1. The van der Waals surface area contributed by atoms with E-state index in [9.17, 15) is 10.1 Å². The topological polar surface area (TPSA) is 50.1 Å². The lowest BCUT2D eigenvalue weighted by atomic mass is 9.93. The van der Waals surface area contributed by atoms with Crippen LogP contribution in [0.2, 0.25) is 0 Å². The van der Waals surface area contributed by atoms with Crippen LogP contribution in [0.25, 0.3) is 5.57 Å². The molecule has 0 radical (unpaired) electrons. The van der Waals surface area contributed by atoms with Crippen LogP contribution in [-0.4, -0.2) is 12.6 Å². The molecule has 0 heterocycles. The molecule has 0 aliphatic heterocycles. The molecule has 0 atom stereocenters. The van der Waals surface area contributed by atoms with Crippen LogP contribution in [0.15, 0.2) is 66.2 Å². The third-order valence-corrected chi connectivity index (χ3v) is 3.24. The average molecular weight is 305 g/mol. The Balaban J connectivity index is 2.54. The molecule has 0 saturated carbocycles. The second-order valence-corrected chi connectivity index (χ2v) is 5.59. The van der Waals surface area contributed by atoms with Gasteiger partial charge in [-0.15, -0.1) is 0 Å². The molecule has 0 bridgehead atoms. The zero-order valence-corrected chi connectivity index (χ0v) is 13.3. The number of carbonyl (C=O) groups is 1. The van der Waals surface area contributed by atoms with Gasteiger partial charge in [-0.25, -0.2) is 4.79 Å². The smallest absolute Gasteiger partial charge is 0.349 e. The van der Waals surface area contributed by atoms with Crippen LogP contribution in [0.5, 0.6) is 0 Å². The van der Waals surface area contributed by atoms with Gasteiger partial charge in [0.1, 0.15) is 11.6 Å². The minimum Gasteiger partial charge on any atom is -0.461 e. The predicted molar refractivity (Wildman–Crippen MR) is 90.3 cm³/mol. The van der Waals surface area contributed by atoms with E-state index in [1.807, 2.05) is 80.6 Å². The van der Waals surface area contributed by atoms with E-state index in [0.717, 1.165) is 11.1 Å². The molecule has 3 nitrogen and oxygen atoms in total. The lowest BCUT2D eigenvalue weighted by Crippen LogP contribution is -2.13. The van der Waals surface area contributed by atoms with Crippen molar-refractivity contribution in [3.05, 3.63) is 77.4 Å². The van der Waals surface area contributed by atoms with Gasteiger partial charge in [0.05, 0.1) is 6.61 Å². The summed E-state index contributed by atoms with van der Waals surface area (Å²) in [5.41, 5.74) is 2.26. The molecule has 0 unspecified atom stereocenters. The van der Waals surface area contributed by atoms with Crippen molar-refractivity contribution in [3.63, 3.8) is 0 Å². The molecule has 116 valence electrons. The van der Waals surface area contributed by atoms with E-state index in [4.69, 9.17) is 4.74 Å². The van der Waals surface area contributed by atoms with E-state index in [2.05, 4.69) is 0 Å². The summed E-state index contributed by atoms with van der Waals surface area (Å²) in [7, 11) is 0. The summed E-state index contributed by atoms with van der Waals surface area (Å²) in [5.74, 6) is -0.361. The Morgan fingerprint density at radius 3 is 1.87 bits per heavy atom. The molecule has 0 aliphatic carbocycles. The largest absolute Gasteiger partial charge is 0.461 e. The monoisotopic (exact) mass is 305 g/mol. The van der Waals surface area contributed by atoms with E-state index >= 15 is 0 Å². The number of rotatable bonds is 5. The number of nitriles is 1. The van der Waals surface area contributed by atoms with Crippen LogP contribution >= 0.6 is 0 Å². The Morgan fingerprint density at radius 2 is 1.48 bits per heavy atom. The van der Waals surface area contributed by atoms with Gasteiger partial charge in [0, 0.05) is 5.57 Å². The Morgan fingerprint density at radius 1 is 1.00 bits per heavy atom. The van der Waals surface area contributed by atoms with Crippen molar-refractivity contribution in [2.75, 3.05) is 6.61 Å². The molecule has 0 aromatic heterocycles. The standard InChI is InChI=1S/C20H19NO2/c1-15(2)14-23-20(22)18(13-21)19(16-9-5-3-6-10-16)17-11-7-4-8-12-17/h3-12,15H,14H2,1-2H3. The van der Waals surface area contributed by atoms with E-state index in [1.165, 1.54) is 0 Å². The minimum absolute atomic E-state index is 0.0306. The molecule has 0 N–H and O–H groups in total. The van der Waals surface area contributed by atoms with E-state index in [1.54, 1.807) is 0 Å². The molecule has 0 spiro atoms. The summed E-state index contributed by atoms with van der Waals surface area (Å²) in [5, 5.41) is 9.55. The highest BCUT2D eigenvalue weighted by Crippen LogP contribution is 2.27. The maximum atomic E-state index is 12.4.